The van der Waals surface area contributed by atoms with Crippen LogP contribution in [0.15, 0.2) is 71.6 Å². The predicted octanol–water partition coefficient (Wildman–Crippen LogP) is 4.24. The molecular weight excluding hydrogens is 428 g/mol. The van der Waals surface area contributed by atoms with Crippen molar-refractivity contribution < 1.29 is 14.6 Å². The Hall–Kier alpha value is -4.18. The minimum Gasteiger partial charge on any atom is -0.504 e. The van der Waals surface area contributed by atoms with E-state index >= 15 is 0 Å². The van der Waals surface area contributed by atoms with Crippen molar-refractivity contribution in [1.82, 2.24) is 20.3 Å². The third-order valence-electron chi connectivity index (χ3n) is 4.57. The van der Waals surface area contributed by atoms with E-state index in [1.54, 1.807) is 24.4 Å². The van der Waals surface area contributed by atoms with Crippen LogP contribution >= 0.6 is 11.3 Å². The largest absolute Gasteiger partial charge is 0.504 e. The topological polar surface area (TPSA) is 114 Å². The monoisotopic (exact) mass is 446 g/mol. The number of anilines is 2. The number of thiazole rings is 1. The molecule has 160 valence electrons. The van der Waals surface area contributed by atoms with E-state index in [9.17, 15) is 5.11 Å². The van der Waals surface area contributed by atoms with Crippen molar-refractivity contribution in [2.75, 3.05) is 11.9 Å². The maximum atomic E-state index is 10.4. The molecule has 0 unspecified atom stereocenters. The number of aromatic nitrogens is 3. The first-order chi connectivity index (χ1) is 15.6. The summed E-state index contributed by atoms with van der Waals surface area (Å²) >= 11 is 1.50. The molecule has 0 bridgehead atoms. The highest BCUT2D eigenvalue weighted by Crippen LogP contribution is 2.33. The van der Waals surface area contributed by atoms with Gasteiger partial charge < -0.3 is 25.2 Å². The van der Waals surface area contributed by atoms with E-state index in [2.05, 4.69) is 37.2 Å². The summed E-state index contributed by atoms with van der Waals surface area (Å²) in [5.74, 6) is 0.973. The highest BCUT2D eigenvalue weighted by molar-refractivity contribution is 7.09. The van der Waals surface area contributed by atoms with Gasteiger partial charge in [-0.3, -0.25) is 0 Å². The van der Waals surface area contributed by atoms with Gasteiger partial charge in [-0.2, -0.15) is 4.99 Å². The van der Waals surface area contributed by atoms with Crippen molar-refractivity contribution in [3.63, 3.8) is 0 Å². The summed E-state index contributed by atoms with van der Waals surface area (Å²) in [6.07, 6.45) is 3.20. The highest BCUT2D eigenvalue weighted by Gasteiger charge is 2.13. The smallest absolute Gasteiger partial charge is 0.294 e. The minimum absolute atomic E-state index is 0.0155. The van der Waals surface area contributed by atoms with Crippen molar-refractivity contribution in [3.8, 4) is 11.5 Å². The Morgan fingerprint density at radius 3 is 2.94 bits per heavy atom. The number of hydrogen-bond donors (Lipinski definition) is 3. The number of phenols is 1. The summed E-state index contributed by atoms with van der Waals surface area (Å²) in [4.78, 5) is 17.3. The number of aliphatic imine (C=N–C) groups is 1. The average molecular weight is 446 g/mol. The van der Waals surface area contributed by atoms with Crippen molar-refractivity contribution in [2.45, 2.75) is 6.61 Å². The normalized spacial score (nSPS) is 14.4. The first-order valence-electron chi connectivity index (χ1n) is 9.66. The van der Waals surface area contributed by atoms with Gasteiger partial charge in [0, 0.05) is 34.4 Å². The van der Waals surface area contributed by atoms with Crippen molar-refractivity contribution in [2.24, 2.45) is 4.99 Å². The number of nitrogens with zero attached hydrogens (tertiary/aromatic N) is 4. The maximum absolute atomic E-state index is 10.4. The second-order valence-electron chi connectivity index (χ2n) is 6.88. The van der Waals surface area contributed by atoms with Crippen LogP contribution in [0.1, 0.15) is 5.01 Å². The van der Waals surface area contributed by atoms with Gasteiger partial charge in [0.15, 0.2) is 11.5 Å². The molecular formula is C22H18N6O3S. The number of fused-ring (bicyclic) bond motifs is 1. The summed E-state index contributed by atoms with van der Waals surface area (Å²) in [7, 11) is 0. The molecule has 0 radical (unpaired) electrons. The zero-order valence-electron chi connectivity index (χ0n) is 16.8. The summed E-state index contributed by atoms with van der Waals surface area (Å²) < 4.78 is 11.1. The molecule has 1 saturated heterocycles. The van der Waals surface area contributed by atoms with Gasteiger partial charge in [-0.1, -0.05) is 6.58 Å². The van der Waals surface area contributed by atoms with Crippen LogP contribution < -0.4 is 15.4 Å². The van der Waals surface area contributed by atoms with Crippen LogP contribution in [-0.2, 0) is 11.3 Å². The summed E-state index contributed by atoms with van der Waals surface area (Å²) in [6.45, 7) is 4.51. The maximum Gasteiger partial charge on any atom is 0.294 e. The molecule has 2 aromatic carbocycles. The Balaban J connectivity index is 1.38. The number of rotatable bonds is 6. The number of benzene rings is 2. The van der Waals surface area contributed by atoms with E-state index in [-0.39, 0.29) is 5.75 Å². The molecule has 3 N–H and O–H groups in total. The second kappa shape index (κ2) is 8.52. The van der Waals surface area contributed by atoms with Gasteiger partial charge in [-0.05, 0) is 30.3 Å². The molecule has 0 amide bonds. The lowest BCUT2D eigenvalue weighted by Gasteiger charge is -2.11. The van der Waals surface area contributed by atoms with Gasteiger partial charge in [-0.15, -0.1) is 11.3 Å². The molecule has 0 aliphatic carbocycles. The van der Waals surface area contributed by atoms with Gasteiger partial charge in [0.2, 0.25) is 0 Å². The summed E-state index contributed by atoms with van der Waals surface area (Å²) in [5.41, 5.74) is 2.84. The standard InChI is InChI=1S/C22H18N6O3S/c1-13-10-31-22(26-13)28-14-2-4-17-16(8-14)21(25-12-24-17)27-15-3-5-19(18(29)9-15)30-11-20-23-6-7-32-20/h2-9,12,29H,1,10-11H2,(H,26,28)(H,24,25,27). The molecule has 5 rings (SSSR count). The molecule has 0 atom stereocenters. The second-order valence-corrected chi connectivity index (χ2v) is 7.86. The highest BCUT2D eigenvalue weighted by atomic mass is 32.1. The van der Waals surface area contributed by atoms with E-state index < -0.39 is 0 Å². The van der Waals surface area contributed by atoms with Crippen molar-refractivity contribution in [1.29, 1.82) is 0 Å². The Labute approximate surface area is 187 Å². The zero-order valence-corrected chi connectivity index (χ0v) is 17.6. The molecule has 3 heterocycles. The van der Waals surface area contributed by atoms with Gasteiger partial charge >= 0.3 is 0 Å². The Morgan fingerprint density at radius 2 is 2.16 bits per heavy atom. The average Bonchev–Trinajstić information content (AvgIpc) is 3.45. The quantitative estimate of drug-likeness (QED) is 0.403. The van der Waals surface area contributed by atoms with Gasteiger partial charge in [0.1, 0.15) is 30.4 Å². The van der Waals surface area contributed by atoms with Crippen LogP contribution in [0.4, 0.5) is 17.2 Å². The minimum atomic E-state index is 0.0155. The van der Waals surface area contributed by atoms with E-state index in [0.717, 1.165) is 21.6 Å². The molecule has 1 aliphatic heterocycles. The number of nitrogens with one attached hydrogen (secondary N) is 2. The zero-order chi connectivity index (χ0) is 21.9. The molecule has 0 saturated carbocycles. The molecule has 32 heavy (non-hydrogen) atoms. The Kier molecular flexibility index (Phi) is 5.26. The van der Waals surface area contributed by atoms with Gasteiger partial charge in [0.05, 0.1) is 11.2 Å². The van der Waals surface area contributed by atoms with Crippen LogP contribution in [0.2, 0.25) is 0 Å². The van der Waals surface area contributed by atoms with Crippen molar-refractivity contribution >= 4 is 45.5 Å². The summed E-state index contributed by atoms with van der Waals surface area (Å²) in [5, 5.41) is 20.1. The SMILES string of the molecule is C=C1COC(=Nc2ccc3ncnc(Nc4ccc(OCc5nccs5)c(O)c4)c3c2)N1. The molecule has 9 nitrogen and oxygen atoms in total. The molecule has 0 spiro atoms. The fourth-order valence-corrected chi connectivity index (χ4v) is 3.62. The molecule has 4 aromatic rings. The number of phenolic OH excluding ortho intramolecular Hbond substituents is 1. The molecule has 10 heteroatoms. The van der Waals surface area contributed by atoms with Crippen LogP contribution in [0.3, 0.4) is 0 Å². The number of aromatic hydroxyl groups is 1. The first-order valence-corrected chi connectivity index (χ1v) is 10.5. The molecule has 1 aliphatic rings. The van der Waals surface area contributed by atoms with E-state index in [1.165, 1.54) is 17.7 Å². The van der Waals surface area contributed by atoms with Crippen LogP contribution in [-0.4, -0.2) is 32.7 Å². The number of ether oxygens (including phenoxy) is 2. The van der Waals surface area contributed by atoms with E-state index in [4.69, 9.17) is 9.47 Å². The van der Waals surface area contributed by atoms with Crippen LogP contribution in [0, 0.1) is 0 Å². The van der Waals surface area contributed by atoms with E-state index in [1.807, 2.05) is 23.6 Å². The van der Waals surface area contributed by atoms with Crippen molar-refractivity contribution in [3.05, 3.63) is 71.6 Å². The van der Waals surface area contributed by atoms with Crippen LogP contribution in [0.25, 0.3) is 10.9 Å². The van der Waals surface area contributed by atoms with E-state index in [0.29, 0.717) is 42.2 Å². The lowest BCUT2D eigenvalue weighted by molar-refractivity contribution is 0.288. The first kappa shape index (κ1) is 19.8. The number of hydrogen-bond acceptors (Lipinski definition) is 9. The van der Waals surface area contributed by atoms with Gasteiger partial charge in [0.25, 0.3) is 6.02 Å². The predicted molar refractivity (Wildman–Crippen MR) is 123 cm³/mol. The molecule has 2 aromatic heterocycles. The lowest BCUT2D eigenvalue weighted by atomic mass is 10.2. The number of amidine groups is 1. The Morgan fingerprint density at radius 1 is 1.22 bits per heavy atom. The Bertz CT molecular complexity index is 1320. The molecule has 1 fully saturated rings. The van der Waals surface area contributed by atoms with Crippen LogP contribution in [0.5, 0.6) is 11.5 Å². The third kappa shape index (κ3) is 4.30. The third-order valence-corrected chi connectivity index (χ3v) is 5.33. The summed E-state index contributed by atoms with van der Waals surface area (Å²) in [6, 6.07) is 11.0. The fourth-order valence-electron chi connectivity index (χ4n) is 3.09. The van der Waals surface area contributed by atoms with Gasteiger partial charge in [-0.25, -0.2) is 15.0 Å². The lowest BCUT2D eigenvalue weighted by Crippen LogP contribution is -2.12. The fraction of sp³-hybridized carbons (Fsp3) is 0.0909.